The first-order valence-electron chi connectivity index (χ1n) is 14.5. The fourth-order valence-electron chi connectivity index (χ4n) is 6.69. The summed E-state index contributed by atoms with van der Waals surface area (Å²) in [6.45, 7) is 12.2. The summed E-state index contributed by atoms with van der Waals surface area (Å²) in [7, 11) is 0. The van der Waals surface area contributed by atoms with Gasteiger partial charge in [-0.15, -0.1) is 28.8 Å². The molecule has 0 saturated carbocycles. The molecule has 0 bridgehead atoms. The molecule has 7 rings (SSSR count). The summed E-state index contributed by atoms with van der Waals surface area (Å²) in [5.41, 5.74) is 7.91. The number of fused-ring (bicyclic) bond motifs is 5. The van der Waals surface area contributed by atoms with Gasteiger partial charge in [-0.3, -0.25) is 9.78 Å². The fourth-order valence-corrected chi connectivity index (χ4v) is 12.3. The smallest absolute Gasteiger partial charge is 0.155 e. The van der Waals surface area contributed by atoms with E-state index < -0.39 is 6.04 Å². The Balaban J connectivity index is 0.000000433. The SMILES string of the molecule is CC(=O)/C=C(/C)O.CC1(C)c2[c-]c(-c3ccc4ccccc4n3)cc3c2P(=S)(c2ccccc21)c1ccccc1C3(C)C.[Ir]. The van der Waals surface area contributed by atoms with Gasteiger partial charge in [0.25, 0.3) is 0 Å². The summed E-state index contributed by atoms with van der Waals surface area (Å²) in [6, 6.07) is 34.4. The molecule has 6 heteroatoms. The topological polar surface area (TPSA) is 50.2 Å². The number of pyridine rings is 1. The fraction of sp³-hybridized carbons (Fsp3) is 0.211. The van der Waals surface area contributed by atoms with Crippen LogP contribution in [0.3, 0.4) is 0 Å². The molecule has 3 nitrogen and oxygen atoms in total. The largest absolute Gasteiger partial charge is 0.512 e. The molecule has 1 radical (unpaired) electrons. The van der Waals surface area contributed by atoms with Crippen LogP contribution in [-0.4, -0.2) is 15.9 Å². The van der Waals surface area contributed by atoms with E-state index in [0.717, 1.165) is 22.2 Å². The van der Waals surface area contributed by atoms with Crippen molar-refractivity contribution in [2.75, 3.05) is 0 Å². The summed E-state index contributed by atoms with van der Waals surface area (Å²) in [4.78, 5) is 15.1. The third-order valence-corrected chi connectivity index (χ3v) is 13.7. The van der Waals surface area contributed by atoms with Crippen molar-refractivity contribution in [2.45, 2.75) is 52.4 Å². The molecule has 0 fully saturated rings. The van der Waals surface area contributed by atoms with Crippen LogP contribution < -0.4 is 15.9 Å². The van der Waals surface area contributed by atoms with E-state index in [-0.39, 0.29) is 42.5 Å². The molecule has 1 aromatic heterocycles. The monoisotopic (exact) mass is 793 g/mol. The Morgan fingerprint density at radius 3 is 1.98 bits per heavy atom. The van der Waals surface area contributed by atoms with Crippen LogP contribution in [0.25, 0.3) is 22.2 Å². The maximum atomic E-state index is 10.0. The summed E-state index contributed by atoms with van der Waals surface area (Å²) in [6.07, 6.45) is 1.17. The van der Waals surface area contributed by atoms with Crippen molar-refractivity contribution in [1.82, 2.24) is 4.98 Å². The van der Waals surface area contributed by atoms with Crippen LogP contribution >= 0.6 is 6.04 Å². The third kappa shape index (κ3) is 5.05. The van der Waals surface area contributed by atoms with Gasteiger partial charge in [0.15, 0.2) is 5.78 Å². The van der Waals surface area contributed by atoms with E-state index >= 15 is 0 Å². The third-order valence-electron chi connectivity index (χ3n) is 8.77. The van der Waals surface area contributed by atoms with Gasteiger partial charge in [-0.2, -0.15) is 0 Å². The average molecular weight is 793 g/mol. The molecule has 1 unspecified atom stereocenters. The number of aromatic nitrogens is 1. The van der Waals surface area contributed by atoms with Gasteiger partial charge in [0.05, 0.1) is 11.3 Å². The molecule has 4 aromatic carbocycles. The number of rotatable bonds is 2. The molecule has 5 aromatic rings. The normalized spacial score (nSPS) is 18.5. The predicted octanol–water partition coefficient (Wildman–Crippen LogP) is 7.77. The van der Waals surface area contributed by atoms with Crippen molar-refractivity contribution in [3.63, 3.8) is 0 Å². The van der Waals surface area contributed by atoms with Gasteiger partial charge >= 0.3 is 0 Å². The Morgan fingerprint density at radius 1 is 0.818 bits per heavy atom. The Hall–Kier alpha value is -3.20. The Morgan fingerprint density at radius 2 is 1.39 bits per heavy atom. The zero-order valence-corrected chi connectivity index (χ0v) is 29.8. The van der Waals surface area contributed by atoms with E-state index in [4.69, 9.17) is 21.9 Å². The van der Waals surface area contributed by atoms with E-state index in [0.29, 0.717) is 0 Å². The first-order chi connectivity index (χ1) is 20.4. The van der Waals surface area contributed by atoms with Gasteiger partial charge < -0.3 is 5.11 Å². The minimum Gasteiger partial charge on any atom is -0.512 e. The average Bonchev–Trinajstić information content (AvgIpc) is 2.98. The summed E-state index contributed by atoms with van der Waals surface area (Å²) in [5, 5.41) is 13.6. The number of hydrogen-bond donors (Lipinski definition) is 1. The molecule has 3 heterocycles. The van der Waals surface area contributed by atoms with Crippen LogP contribution in [0, 0.1) is 6.07 Å². The van der Waals surface area contributed by atoms with Crippen LogP contribution in [0.2, 0.25) is 0 Å². The number of aliphatic hydroxyl groups is 1. The maximum absolute atomic E-state index is 10.0. The van der Waals surface area contributed by atoms with Crippen LogP contribution in [0.1, 0.15) is 63.8 Å². The Labute approximate surface area is 278 Å². The molecule has 225 valence electrons. The molecule has 0 amide bonds. The molecule has 2 aliphatic heterocycles. The van der Waals surface area contributed by atoms with Gasteiger partial charge in [-0.25, -0.2) is 0 Å². The molecule has 0 spiro atoms. The Kier molecular flexibility index (Phi) is 8.51. The van der Waals surface area contributed by atoms with Crippen LogP contribution in [0.4, 0.5) is 0 Å². The number of aliphatic hydroxyl groups excluding tert-OH is 1. The second kappa shape index (κ2) is 11.6. The van der Waals surface area contributed by atoms with Crippen LogP contribution in [-0.2, 0) is 47.5 Å². The number of ketones is 1. The van der Waals surface area contributed by atoms with Crippen molar-refractivity contribution < 1.29 is 30.0 Å². The molecule has 44 heavy (non-hydrogen) atoms. The zero-order valence-electron chi connectivity index (χ0n) is 25.7. The van der Waals surface area contributed by atoms with Crippen LogP contribution in [0.5, 0.6) is 0 Å². The summed E-state index contributed by atoms with van der Waals surface area (Å²) in [5.74, 6) is -0.0625. The van der Waals surface area contributed by atoms with E-state index in [1.54, 1.807) is 0 Å². The first-order valence-corrected chi connectivity index (χ1v) is 17.3. The molecular weight excluding hydrogens is 758 g/mol. The van der Waals surface area contributed by atoms with Gasteiger partial charge in [0, 0.05) is 32.2 Å². The van der Waals surface area contributed by atoms with Gasteiger partial charge in [-0.1, -0.05) is 124 Å². The van der Waals surface area contributed by atoms with Crippen molar-refractivity contribution in [3.05, 3.63) is 131 Å². The van der Waals surface area contributed by atoms with Crippen molar-refractivity contribution in [1.29, 1.82) is 0 Å². The van der Waals surface area contributed by atoms with Crippen molar-refractivity contribution in [2.24, 2.45) is 0 Å². The number of hydrogen-bond acceptors (Lipinski definition) is 4. The van der Waals surface area contributed by atoms with E-state index in [1.807, 2.05) is 0 Å². The minimum absolute atomic E-state index is 0. The number of carbonyl (C=O) groups excluding carboxylic acids is 1. The first kappa shape index (κ1) is 32.2. The molecular formula is C38H35IrNO2PS-. The van der Waals surface area contributed by atoms with Gasteiger partial charge in [0.1, 0.15) is 0 Å². The number of nitrogens with zero attached hydrogens (tertiary/aromatic N) is 1. The van der Waals surface area contributed by atoms with Crippen molar-refractivity contribution >= 4 is 50.4 Å². The minimum atomic E-state index is -2.24. The molecule has 0 aliphatic carbocycles. The molecule has 1 atom stereocenters. The molecule has 1 N–H and O–H groups in total. The second-order valence-corrected chi connectivity index (χ2v) is 16.8. The number of para-hydroxylation sites is 1. The number of benzene rings is 4. The standard InChI is InChI=1S/C33H27NPS.C5H8O2.Ir/c1-32(2)23-12-6-9-15-29(23)35(36)30-16-10-7-13-24(30)33(3,4)26-20-22(19-25(32)31(26)35)28-18-17-21-11-5-8-14-27(21)34-28;1-4(6)3-5(2)7;/h5-19H,1-4H3;3,6H,1-2H3;/q-1;;/b;4-3-;. The molecule has 0 saturated heterocycles. The van der Waals surface area contributed by atoms with Gasteiger partial charge in [-0.05, 0) is 63.6 Å². The van der Waals surface area contributed by atoms with E-state index in [9.17, 15) is 4.79 Å². The van der Waals surface area contributed by atoms with Crippen LogP contribution in [0.15, 0.2) is 103 Å². The predicted molar refractivity (Wildman–Crippen MR) is 183 cm³/mol. The summed E-state index contributed by atoms with van der Waals surface area (Å²) >= 11 is 6.86. The maximum Gasteiger partial charge on any atom is 0.155 e. The molecule has 2 aliphatic rings. The van der Waals surface area contributed by atoms with E-state index in [1.165, 1.54) is 58.1 Å². The number of allylic oxidation sites excluding steroid dienone is 2. The zero-order chi connectivity index (χ0) is 30.7. The van der Waals surface area contributed by atoms with Gasteiger partial charge in [0.2, 0.25) is 0 Å². The second-order valence-electron chi connectivity index (χ2n) is 12.5. The summed E-state index contributed by atoms with van der Waals surface area (Å²) < 4.78 is 0. The Bertz CT molecular complexity index is 1940. The number of carbonyl (C=O) groups is 1. The quantitative estimate of drug-likeness (QED) is 0.0860. The van der Waals surface area contributed by atoms with E-state index in [2.05, 4.69) is 125 Å². The van der Waals surface area contributed by atoms with Crippen molar-refractivity contribution in [3.8, 4) is 11.3 Å².